The van der Waals surface area contributed by atoms with Crippen LogP contribution in [0.25, 0.3) is 0 Å². The molecule has 0 radical (unpaired) electrons. The predicted molar refractivity (Wildman–Crippen MR) is 146 cm³/mol. The minimum atomic E-state index is -5.02. The summed E-state index contributed by atoms with van der Waals surface area (Å²) in [5, 5.41) is 5.20. The van der Waals surface area contributed by atoms with Gasteiger partial charge in [0.1, 0.15) is 15.6 Å². The summed E-state index contributed by atoms with van der Waals surface area (Å²) in [7, 11) is -9.97. The number of nitrogens with two attached hydrogens (primary N) is 1. The maximum Gasteiger partial charge on any atom is 0.296 e. The fourth-order valence-corrected chi connectivity index (χ4v) is 5.82. The van der Waals surface area contributed by atoms with Gasteiger partial charge in [0.2, 0.25) is 11.2 Å². The van der Waals surface area contributed by atoms with Crippen molar-refractivity contribution in [1.29, 1.82) is 0 Å². The summed E-state index contributed by atoms with van der Waals surface area (Å²) in [5.41, 5.74) is 3.77. The van der Waals surface area contributed by atoms with Gasteiger partial charge < -0.3 is 16.4 Å². The topological polar surface area (TPSA) is 232 Å². The van der Waals surface area contributed by atoms with Crippen LogP contribution in [-0.2, 0) is 20.2 Å². The minimum absolute atomic E-state index is 0.00656. The number of fused-ring (bicyclic) bond motifs is 2. The number of aryl methyl sites for hydroxylation is 1. The molecule has 0 saturated carbocycles. The zero-order valence-electron chi connectivity index (χ0n) is 20.6. The Morgan fingerprint density at radius 2 is 1.39 bits per heavy atom. The van der Waals surface area contributed by atoms with Gasteiger partial charge in [-0.1, -0.05) is 24.3 Å². The fraction of sp³-hybridized carbons (Fsp3) is 0.0417. The summed E-state index contributed by atoms with van der Waals surface area (Å²) >= 11 is 5.83. The summed E-state index contributed by atoms with van der Waals surface area (Å²) in [5.74, 6) is -1.27. The van der Waals surface area contributed by atoms with Gasteiger partial charge >= 0.3 is 0 Å². The Morgan fingerprint density at radius 1 is 0.780 bits per heavy atom. The van der Waals surface area contributed by atoms with Crippen LogP contribution in [0.3, 0.4) is 0 Å². The molecule has 0 unspecified atom stereocenters. The number of carbonyl (C=O) groups is 2. The lowest BCUT2D eigenvalue weighted by Gasteiger charge is -2.24. The van der Waals surface area contributed by atoms with Gasteiger partial charge in [0, 0.05) is 16.8 Å². The van der Waals surface area contributed by atoms with Crippen LogP contribution in [0.2, 0.25) is 5.28 Å². The lowest BCUT2D eigenvalue weighted by molar-refractivity contribution is 0.0980. The summed E-state index contributed by atoms with van der Waals surface area (Å²) in [4.78, 5) is 37.0. The monoisotopic (exact) mass is 616 g/mol. The number of rotatable bonds is 6. The Hall–Kier alpha value is -4.48. The summed E-state index contributed by atoms with van der Waals surface area (Å²) in [6.07, 6.45) is 0. The summed E-state index contributed by atoms with van der Waals surface area (Å²) in [6, 6.07) is 10.1. The van der Waals surface area contributed by atoms with Crippen molar-refractivity contribution >= 4 is 72.1 Å². The van der Waals surface area contributed by atoms with Crippen LogP contribution in [0.1, 0.15) is 37.7 Å². The highest BCUT2D eigenvalue weighted by Crippen LogP contribution is 2.41. The molecule has 5 rings (SSSR count). The first-order chi connectivity index (χ1) is 19.1. The zero-order chi connectivity index (χ0) is 29.9. The molecule has 0 saturated heterocycles. The number of hydrogen-bond donors (Lipinski definition) is 5. The van der Waals surface area contributed by atoms with Crippen LogP contribution >= 0.6 is 11.6 Å². The Morgan fingerprint density at radius 3 is 1.98 bits per heavy atom. The van der Waals surface area contributed by atoms with Crippen molar-refractivity contribution in [2.45, 2.75) is 16.7 Å². The second kappa shape index (κ2) is 9.86. The van der Waals surface area contributed by atoms with E-state index >= 15 is 0 Å². The molecule has 1 aliphatic rings. The molecular formula is C24H17ClN6O8S2. The van der Waals surface area contributed by atoms with Gasteiger partial charge in [-0.15, -0.1) is 0 Å². The van der Waals surface area contributed by atoms with Gasteiger partial charge in [0.05, 0.1) is 28.2 Å². The number of nitrogens with zero attached hydrogens (tertiary/aromatic N) is 3. The second-order valence-electron chi connectivity index (χ2n) is 8.68. The molecular weight excluding hydrogens is 600 g/mol. The molecule has 41 heavy (non-hydrogen) atoms. The van der Waals surface area contributed by atoms with E-state index in [9.17, 15) is 35.5 Å². The molecule has 1 aromatic heterocycles. The molecule has 210 valence electrons. The number of anilines is 5. The molecule has 1 heterocycles. The van der Waals surface area contributed by atoms with E-state index in [-0.39, 0.29) is 50.8 Å². The van der Waals surface area contributed by atoms with Gasteiger partial charge in [-0.05, 0) is 42.8 Å². The molecule has 4 aromatic rings. The third kappa shape index (κ3) is 5.21. The molecule has 14 nitrogen and oxygen atoms in total. The van der Waals surface area contributed by atoms with E-state index in [0.29, 0.717) is 0 Å². The van der Waals surface area contributed by atoms with E-state index < -0.39 is 52.8 Å². The number of benzene rings is 3. The number of halogens is 1. The van der Waals surface area contributed by atoms with Crippen molar-refractivity contribution in [2.75, 3.05) is 16.4 Å². The number of nitrogen functional groups attached to an aromatic ring is 1. The molecule has 6 N–H and O–H groups in total. The van der Waals surface area contributed by atoms with Crippen LogP contribution in [-0.4, -0.2) is 52.5 Å². The van der Waals surface area contributed by atoms with Crippen molar-refractivity contribution in [1.82, 2.24) is 15.0 Å². The third-order valence-corrected chi connectivity index (χ3v) is 7.94. The Kier molecular flexibility index (Phi) is 6.75. The van der Waals surface area contributed by atoms with E-state index in [2.05, 4.69) is 25.6 Å². The highest BCUT2D eigenvalue weighted by molar-refractivity contribution is 7.86. The molecule has 0 aliphatic heterocycles. The molecule has 0 atom stereocenters. The van der Waals surface area contributed by atoms with Crippen molar-refractivity contribution in [3.8, 4) is 0 Å². The molecule has 0 amide bonds. The predicted octanol–water partition coefficient (Wildman–Crippen LogP) is 3.17. The number of hydrogen-bond acceptors (Lipinski definition) is 12. The van der Waals surface area contributed by atoms with E-state index in [1.807, 2.05) is 0 Å². The summed E-state index contributed by atoms with van der Waals surface area (Å²) < 4.78 is 68.8. The normalized spacial score (nSPS) is 13.0. The number of aromatic nitrogens is 3. The van der Waals surface area contributed by atoms with Crippen LogP contribution in [0, 0.1) is 6.92 Å². The Balaban J connectivity index is 1.68. The van der Waals surface area contributed by atoms with Crippen LogP contribution in [0.5, 0.6) is 0 Å². The Labute approximate surface area is 237 Å². The lowest BCUT2D eigenvalue weighted by Crippen LogP contribution is -2.25. The standard InChI is InChI=1S/C24H17ClN6O8S2/c1-10-27-23(25)31-24(28-10)29-11-6-7-14(16(8-11)40(34,35)36)30-15-9-17(41(37,38)39)20(26)19-18(15)21(32)12-4-2-3-5-13(12)22(19)33/h2-9,30H,26H2,1H3,(H,34,35,36)(H,37,38,39)(H,27,28,29,31). The third-order valence-electron chi connectivity index (χ3n) is 5.98. The van der Waals surface area contributed by atoms with Gasteiger partial charge in [-0.3, -0.25) is 18.7 Å². The molecule has 3 aromatic carbocycles. The van der Waals surface area contributed by atoms with Gasteiger partial charge in [0.15, 0.2) is 11.6 Å². The largest absolute Gasteiger partial charge is 0.397 e. The first-order valence-electron chi connectivity index (χ1n) is 11.3. The average Bonchev–Trinajstić information content (AvgIpc) is 2.87. The quantitative estimate of drug-likeness (QED) is 0.136. The SMILES string of the molecule is Cc1nc(Cl)nc(Nc2ccc(Nc3cc(S(=O)(=O)O)c(N)c4c3C(=O)c3ccccc3C4=O)c(S(=O)(=O)O)c2)n1. The first-order valence-corrected chi connectivity index (χ1v) is 14.6. The van der Waals surface area contributed by atoms with Crippen LogP contribution in [0.15, 0.2) is 58.3 Å². The average molecular weight is 617 g/mol. The molecule has 17 heteroatoms. The molecule has 0 spiro atoms. The van der Waals surface area contributed by atoms with Gasteiger partial charge in [-0.25, -0.2) is 4.98 Å². The zero-order valence-corrected chi connectivity index (χ0v) is 23.0. The smallest absolute Gasteiger partial charge is 0.296 e. The van der Waals surface area contributed by atoms with Crippen molar-refractivity contribution in [2.24, 2.45) is 0 Å². The van der Waals surface area contributed by atoms with Crippen LogP contribution < -0.4 is 16.4 Å². The van der Waals surface area contributed by atoms with E-state index in [0.717, 1.165) is 12.1 Å². The van der Waals surface area contributed by atoms with E-state index in [1.54, 1.807) is 6.92 Å². The summed E-state index contributed by atoms with van der Waals surface area (Å²) in [6.45, 7) is 1.55. The molecule has 1 aliphatic carbocycles. The van der Waals surface area contributed by atoms with Crippen molar-refractivity contribution < 1.29 is 35.5 Å². The molecule has 0 bridgehead atoms. The van der Waals surface area contributed by atoms with Crippen molar-refractivity contribution in [3.05, 3.63) is 81.9 Å². The molecule has 0 fully saturated rings. The first kappa shape index (κ1) is 28.1. The maximum atomic E-state index is 13.5. The Bertz CT molecular complexity index is 2010. The second-order valence-corrected chi connectivity index (χ2v) is 11.8. The van der Waals surface area contributed by atoms with Gasteiger partial charge in [0.25, 0.3) is 20.2 Å². The van der Waals surface area contributed by atoms with E-state index in [4.69, 9.17) is 17.3 Å². The number of nitrogens with one attached hydrogen (secondary N) is 2. The fourth-order valence-electron chi connectivity index (χ4n) is 4.30. The highest BCUT2D eigenvalue weighted by Gasteiger charge is 2.36. The van der Waals surface area contributed by atoms with Gasteiger partial charge in [-0.2, -0.15) is 26.8 Å². The number of ketones is 2. The number of carbonyl (C=O) groups excluding carboxylic acids is 2. The van der Waals surface area contributed by atoms with Crippen molar-refractivity contribution in [3.63, 3.8) is 0 Å². The highest BCUT2D eigenvalue weighted by atomic mass is 35.5. The van der Waals surface area contributed by atoms with Crippen LogP contribution in [0.4, 0.5) is 28.7 Å². The maximum absolute atomic E-state index is 13.5. The minimum Gasteiger partial charge on any atom is -0.397 e. The van der Waals surface area contributed by atoms with E-state index in [1.165, 1.54) is 36.4 Å². The lowest BCUT2D eigenvalue weighted by atomic mass is 9.82.